The van der Waals surface area contributed by atoms with Crippen molar-refractivity contribution in [1.29, 1.82) is 0 Å². The van der Waals surface area contributed by atoms with Gasteiger partial charge in [-0.25, -0.2) is 0 Å². The van der Waals surface area contributed by atoms with Gasteiger partial charge in [-0.05, 0) is 36.2 Å². The molecule has 2 heterocycles. The number of fused-ring (bicyclic) bond motifs is 3. The number of hydrogen-bond acceptors (Lipinski definition) is 2. The molecule has 0 atom stereocenters. The molecule has 0 radical (unpaired) electrons. The van der Waals surface area contributed by atoms with Crippen LogP contribution < -0.4 is 11.1 Å². The SMILES string of the molecule is Cc1cc(C(N)=O)ccc1-c1c2n(c3ccccc13)CNCC2. The Balaban J connectivity index is 2.01. The Morgan fingerprint density at radius 1 is 1.22 bits per heavy atom. The number of aryl methyl sites for hydroxylation is 1. The summed E-state index contributed by atoms with van der Waals surface area (Å²) in [6, 6.07) is 14.2. The van der Waals surface area contributed by atoms with Gasteiger partial charge in [-0.15, -0.1) is 0 Å². The van der Waals surface area contributed by atoms with Gasteiger partial charge in [0.2, 0.25) is 5.91 Å². The summed E-state index contributed by atoms with van der Waals surface area (Å²) in [5, 5.41) is 4.70. The van der Waals surface area contributed by atoms with Crippen LogP contribution in [-0.4, -0.2) is 17.0 Å². The first kappa shape index (κ1) is 14.0. The molecule has 4 heteroatoms. The topological polar surface area (TPSA) is 60.1 Å². The van der Waals surface area contributed by atoms with Crippen LogP contribution >= 0.6 is 0 Å². The van der Waals surface area contributed by atoms with Crippen LogP contribution in [0, 0.1) is 6.92 Å². The molecule has 0 saturated heterocycles. The van der Waals surface area contributed by atoms with Gasteiger partial charge in [-0.3, -0.25) is 10.1 Å². The number of carbonyl (C=O) groups is 1. The van der Waals surface area contributed by atoms with Gasteiger partial charge in [0.15, 0.2) is 0 Å². The minimum Gasteiger partial charge on any atom is -0.366 e. The third-order valence-electron chi connectivity index (χ3n) is 4.67. The normalized spacial score (nSPS) is 14.0. The molecule has 1 aromatic heterocycles. The molecule has 23 heavy (non-hydrogen) atoms. The summed E-state index contributed by atoms with van der Waals surface area (Å²) in [4.78, 5) is 11.4. The molecule has 0 spiro atoms. The van der Waals surface area contributed by atoms with Gasteiger partial charge in [0.25, 0.3) is 0 Å². The van der Waals surface area contributed by atoms with Crippen LogP contribution in [0.15, 0.2) is 42.5 Å². The van der Waals surface area contributed by atoms with E-state index in [2.05, 4.69) is 34.1 Å². The second kappa shape index (κ2) is 5.25. The lowest BCUT2D eigenvalue weighted by Gasteiger charge is -2.19. The lowest BCUT2D eigenvalue weighted by molar-refractivity contribution is 0.1000. The molecule has 3 N–H and O–H groups in total. The van der Waals surface area contributed by atoms with E-state index in [1.165, 1.54) is 27.7 Å². The molecule has 116 valence electrons. The number of benzene rings is 2. The lowest BCUT2D eigenvalue weighted by atomic mass is 9.95. The first-order valence-corrected chi connectivity index (χ1v) is 7.88. The predicted molar refractivity (Wildman–Crippen MR) is 92.3 cm³/mol. The van der Waals surface area contributed by atoms with Crippen molar-refractivity contribution in [2.24, 2.45) is 5.73 Å². The molecule has 2 aromatic carbocycles. The quantitative estimate of drug-likeness (QED) is 0.765. The van der Waals surface area contributed by atoms with Crippen LogP contribution in [0.25, 0.3) is 22.0 Å². The second-order valence-electron chi connectivity index (χ2n) is 6.07. The third-order valence-corrected chi connectivity index (χ3v) is 4.67. The van der Waals surface area contributed by atoms with E-state index in [-0.39, 0.29) is 5.91 Å². The van der Waals surface area contributed by atoms with Crippen molar-refractivity contribution in [2.75, 3.05) is 6.54 Å². The highest BCUT2D eigenvalue weighted by atomic mass is 16.1. The number of rotatable bonds is 2. The monoisotopic (exact) mass is 305 g/mol. The Hall–Kier alpha value is -2.59. The summed E-state index contributed by atoms with van der Waals surface area (Å²) in [7, 11) is 0. The Morgan fingerprint density at radius 3 is 2.83 bits per heavy atom. The van der Waals surface area contributed by atoms with Gasteiger partial charge >= 0.3 is 0 Å². The zero-order chi connectivity index (χ0) is 16.0. The molecule has 4 nitrogen and oxygen atoms in total. The Labute approximate surface area is 134 Å². The second-order valence-corrected chi connectivity index (χ2v) is 6.07. The van der Waals surface area contributed by atoms with E-state index in [9.17, 15) is 4.79 Å². The molecular weight excluding hydrogens is 286 g/mol. The van der Waals surface area contributed by atoms with Crippen LogP contribution in [0.2, 0.25) is 0 Å². The lowest BCUT2D eigenvalue weighted by Crippen LogP contribution is -2.28. The molecule has 0 saturated carbocycles. The molecular formula is C19H19N3O. The van der Waals surface area contributed by atoms with E-state index in [0.717, 1.165) is 25.2 Å². The van der Waals surface area contributed by atoms with Crippen molar-refractivity contribution >= 4 is 16.8 Å². The van der Waals surface area contributed by atoms with E-state index < -0.39 is 0 Å². The van der Waals surface area contributed by atoms with Gasteiger partial charge in [0, 0.05) is 40.7 Å². The third kappa shape index (κ3) is 2.14. The van der Waals surface area contributed by atoms with Crippen molar-refractivity contribution < 1.29 is 4.79 Å². The summed E-state index contributed by atoms with van der Waals surface area (Å²) in [5.41, 5.74) is 12.1. The van der Waals surface area contributed by atoms with E-state index in [4.69, 9.17) is 5.73 Å². The molecule has 0 aliphatic carbocycles. The van der Waals surface area contributed by atoms with Gasteiger partial charge < -0.3 is 10.3 Å². The molecule has 4 rings (SSSR count). The average Bonchev–Trinajstić information content (AvgIpc) is 2.89. The van der Waals surface area contributed by atoms with Gasteiger partial charge in [-0.1, -0.05) is 24.3 Å². The zero-order valence-corrected chi connectivity index (χ0v) is 13.1. The highest BCUT2D eigenvalue weighted by molar-refractivity contribution is 6.00. The van der Waals surface area contributed by atoms with E-state index in [1.807, 2.05) is 25.1 Å². The fourth-order valence-electron chi connectivity index (χ4n) is 3.59. The maximum absolute atomic E-state index is 11.4. The Morgan fingerprint density at radius 2 is 2.04 bits per heavy atom. The number of nitrogens with two attached hydrogens (primary N) is 1. The molecule has 3 aromatic rings. The largest absolute Gasteiger partial charge is 0.366 e. The van der Waals surface area contributed by atoms with E-state index >= 15 is 0 Å². The summed E-state index contributed by atoms with van der Waals surface area (Å²) in [6.07, 6.45) is 1.00. The maximum atomic E-state index is 11.4. The summed E-state index contributed by atoms with van der Waals surface area (Å²) in [6.45, 7) is 3.87. The molecule has 0 unspecified atom stereocenters. The van der Waals surface area contributed by atoms with Crippen LogP contribution in [0.3, 0.4) is 0 Å². The van der Waals surface area contributed by atoms with Crippen molar-refractivity contribution in [3.63, 3.8) is 0 Å². The van der Waals surface area contributed by atoms with E-state index in [0.29, 0.717) is 5.56 Å². The minimum atomic E-state index is -0.382. The number of carbonyl (C=O) groups excluding carboxylic acids is 1. The molecule has 0 bridgehead atoms. The number of hydrogen-bond donors (Lipinski definition) is 2. The first-order chi connectivity index (χ1) is 11.2. The Bertz CT molecular complexity index is 924. The van der Waals surface area contributed by atoms with Crippen molar-refractivity contribution in [2.45, 2.75) is 20.0 Å². The fraction of sp³-hybridized carbons (Fsp3) is 0.211. The van der Waals surface area contributed by atoms with Crippen molar-refractivity contribution in [1.82, 2.24) is 9.88 Å². The summed E-state index contributed by atoms with van der Waals surface area (Å²) >= 11 is 0. The summed E-state index contributed by atoms with van der Waals surface area (Å²) < 4.78 is 2.36. The standard InChI is InChI=1S/C19H19N3O/c1-12-10-13(19(20)23)6-7-14(12)18-15-4-2-3-5-16(15)22-11-21-9-8-17(18)22/h2-7,10,21H,8-9,11H2,1H3,(H2,20,23). The van der Waals surface area contributed by atoms with Gasteiger partial charge in [0.1, 0.15) is 0 Å². The highest BCUT2D eigenvalue weighted by Gasteiger charge is 2.21. The number of amides is 1. The predicted octanol–water partition coefficient (Wildman–Crippen LogP) is 2.82. The summed E-state index contributed by atoms with van der Waals surface area (Å²) in [5.74, 6) is -0.382. The number of aromatic nitrogens is 1. The van der Waals surface area contributed by atoms with Gasteiger partial charge in [0.05, 0.1) is 6.67 Å². The number of primary amides is 1. The smallest absolute Gasteiger partial charge is 0.248 e. The van der Waals surface area contributed by atoms with Crippen LogP contribution in [0.1, 0.15) is 21.6 Å². The number of para-hydroxylation sites is 1. The van der Waals surface area contributed by atoms with Crippen LogP contribution in [0.5, 0.6) is 0 Å². The van der Waals surface area contributed by atoms with Crippen molar-refractivity contribution in [3.8, 4) is 11.1 Å². The molecule has 1 aliphatic rings. The molecule has 1 aliphatic heterocycles. The maximum Gasteiger partial charge on any atom is 0.248 e. The van der Waals surface area contributed by atoms with Gasteiger partial charge in [-0.2, -0.15) is 0 Å². The van der Waals surface area contributed by atoms with Crippen LogP contribution in [-0.2, 0) is 13.1 Å². The average molecular weight is 305 g/mol. The minimum absolute atomic E-state index is 0.382. The zero-order valence-electron chi connectivity index (χ0n) is 13.1. The number of nitrogens with zero attached hydrogens (tertiary/aromatic N) is 1. The first-order valence-electron chi connectivity index (χ1n) is 7.88. The fourth-order valence-corrected chi connectivity index (χ4v) is 3.59. The number of nitrogens with one attached hydrogen (secondary N) is 1. The Kier molecular flexibility index (Phi) is 3.20. The molecule has 0 fully saturated rings. The van der Waals surface area contributed by atoms with Crippen molar-refractivity contribution in [3.05, 3.63) is 59.3 Å². The van der Waals surface area contributed by atoms with Crippen LogP contribution in [0.4, 0.5) is 0 Å². The highest BCUT2D eigenvalue weighted by Crippen LogP contribution is 2.37. The van der Waals surface area contributed by atoms with E-state index in [1.54, 1.807) is 0 Å². The molecule has 1 amide bonds.